The summed E-state index contributed by atoms with van der Waals surface area (Å²) in [6.07, 6.45) is 1.29. The smallest absolute Gasteiger partial charge is 0.329 e. The molecule has 0 aliphatic carbocycles. The molecule has 142 valence electrons. The number of hydrogen-bond donors (Lipinski definition) is 1. The lowest BCUT2D eigenvalue weighted by Gasteiger charge is -2.22. The third-order valence-electron chi connectivity index (χ3n) is 4.53. The van der Waals surface area contributed by atoms with Crippen LogP contribution in [0.5, 0.6) is 0 Å². The van der Waals surface area contributed by atoms with Gasteiger partial charge in [0.15, 0.2) is 6.61 Å². The van der Waals surface area contributed by atoms with Crippen molar-refractivity contribution in [2.75, 3.05) is 18.5 Å². The predicted molar refractivity (Wildman–Crippen MR) is 104 cm³/mol. The first-order chi connectivity index (χ1) is 13.0. The maximum absolute atomic E-state index is 12.5. The van der Waals surface area contributed by atoms with Gasteiger partial charge < -0.3 is 15.0 Å². The van der Waals surface area contributed by atoms with E-state index in [1.54, 1.807) is 12.1 Å². The lowest BCUT2D eigenvalue weighted by atomic mass is 10.1. The Kier molecular flexibility index (Phi) is 5.91. The number of carbonyl (C=O) groups is 3. The van der Waals surface area contributed by atoms with Crippen LogP contribution >= 0.6 is 11.3 Å². The van der Waals surface area contributed by atoms with E-state index in [-0.39, 0.29) is 12.5 Å². The van der Waals surface area contributed by atoms with Crippen LogP contribution in [0.1, 0.15) is 33.6 Å². The highest BCUT2D eigenvalue weighted by molar-refractivity contribution is 7.12. The van der Waals surface area contributed by atoms with Crippen LogP contribution in [0.2, 0.25) is 0 Å². The molecule has 1 aromatic carbocycles. The van der Waals surface area contributed by atoms with Crippen LogP contribution in [0.4, 0.5) is 5.69 Å². The Hall–Kier alpha value is -2.67. The SMILES string of the molecule is Cc1ccc(C)c(NC(=O)COC(=O)C2CCCN2C(=O)c2cccs2)c1. The van der Waals surface area contributed by atoms with Crippen molar-refractivity contribution in [3.63, 3.8) is 0 Å². The van der Waals surface area contributed by atoms with Crippen LogP contribution in [0.3, 0.4) is 0 Å². The van der Waals surface area contributed by atoms with Gasteiger partial charge in [-0.1, -0.05) is 18.2 Å². The Morgan fingerprint density at radius 3 is 2.81 bits per heavy atom. The molecule has 2 amide bonds. The Morgan fingerprint density at radius 2 is 2.07 bits per heavy atom. The molecule has 3 rings (SSSR count). The van der Waals surface area contributed by atoms with Gasteiger partial charge >= 0.3 is 5.97 Å². The molecule has 0 saturated carbocycles. The maximum atomic E-state index is 12.5. The summed E-state index contributed by atoms with van der Waals surface area (Å²) >= 11 is 1.35. The van der Waals surface area contributed by atoms with E-state index in [1.807, 2.05) is 37.4 Å². The van der Waals surface area contributed by atoms with E-state index in [4.69, 9.17) is 4.74 Å². The minimum Gasteiger partial charge on any atom is -0.454 e. The molecule has 1 saturated heterocycles. The zero-order valence-electron chi connectivity index (χ0n) is 15.4. The number of esters is 1. The number of likely N-dealkylation sites (tertiary alicyclic amines) is 1. The van der Waals surface area contributed by atoms with Crippen molar-refractivity contribution in [2.45, 2.75) is 32.7 Å². The Morgan fingerprint density at radius 1 is 1.26 bits per heavy atom. The van der Waals surface area contributed by atoms with Crippen molar-refractivity contribution in [3.05, 3.63) is 51.7 Å². The summed E-state index contributed by atoms with van der Waals surface area (Å²) in [6.45, 7) is 3.98. The molecule has 0 spiro atoms. The van der Waals surface area contributed by atoms with Crippen molar-refractivity contribution in [1.29, 1.82) is 0 Å². The minimum absolute atomic E-state index is 0.163. The molecule has 0 bridgehead atoms. The Labute approximate surface area is 162 Å². The molecule has 27 heavy (non-hydrogen) atoms. The second-order valence-corrected chi connectivity index (χ2v) is 7.56. The number of thiophene rings is 1. The highest BCUT2D eigenvalue weighted by Crippen LogP contribution is 2.23. The number of nitrogens with one attached hydrogen (secondary N) is 1. The molecule has 1 atom stereocenters. The average Bonchev–Trinajstić information content (AvgIpc) is 3.34. The van der Waals surface area contributed by atoms with Crippen molar-refractivity contribution in [2.24, 2.45) is 0 Å². The molecule has 1 aliphatic rings. The average molecular weight is 386 g/mol. The molecule has 1 fully saturated rings. The van der Waals surface area contributed by atoms with Gasteiger partial charge in [0.2, 0.25) is 0 Å². The number of aryl methyl sites for hydroxylation is 2. The van der Waals surface area contributed by atoms with Gasteiger partial charge in [0, 0.05) is 12.2 Å². The predicted octanol–water partition coefficient (Wildman–Crippen LogP) is 3.15. The van der Waals surface area contributed by atoms with E-state index >= 15 is 0 Å². The molecule has 1 aromatic heterocycles. The number of carbonyl (C=O) groups excluding carboxylic acids is 3. The zero-order chi connectivity index (χ0) is 19.4. The Bertz CT molecular complexity index is 848. The fraction of sp³-hybridized carbons (Fsp3) is 0.350. The van der Waals surface area contributed by atoms with Crippen LogP contribution in [0.25, 0.3) is 0 Å². The largest absolute Gasteiger partial charge is 0.454 e. The monoisotopic (exact) mass is 386 g/mol. The topological polar surface area (TPSA) is 75.7 Å². The van der Waals surface area contributed by atoms with Gasteiger partial charge in [-0.05, 0) is 55.3 Å². The van der Waals surface area contributed by atoms with E-state index in [9.17, 15) is 14.4 Å². The molecular weight excluding hydrogens is 364 g/mol. The van der Waals surface area contributed by atoms with Crippen molar-refractivity contribution >= 4 is 34.8 Å². The number of anilines is 1. The standard InChI is InChI=1S/C20H22N2O4S/c1-13-7-8-14(2)15(11-13)21-18(23)12-26-20(25)16-5-3-9-22(16)19(24)17-6-4-10-27-17/h4,6-8,10-11,16H,3,5,9,12H2,1-2H3,(H,21,23). The summed E-state index contributed by atoms with van der Waals surface area (Å²) in [5, 5.41) is 4.59. The number of benzene rings is 1. The summed E-state index contributed by atoms with van der Waals surface area (Å²) in [4.78, 5) is 39.2. The number of rotatable bonds is 5. The number of ether oxygens (including phenoxy) is 1. The second kappa shape index (κ2) is 8.35. The third-order valence-corrected chi connectivity index (χ3v) is 5.39. The highest BCUT2D eigenvalue weighted by Gasteiger charge is 2.36. The van der Waals surface area contributed by atoms with Gasteiger partial charge in [0.25, 0.3) is 11.8 Å². The quantitative estimate of drug-likeness (QED) is 0.801. The zero-order valence-corrected chi connectivity index (χ0v) is 16.2. The normalized spacial score (nSPS) is 16.2. The van der Waals surface area contributed by atoms with Crippen LogP contribution in [0, 0.1) is 13.8 Å². The number of amides is 2. The second-order valence-electron chi connectivity index (χ2n) is 6.61. The molecule has 2 aromatic rings. The van der Waals surface area contributed by atoms with Crippen LogP contribution in [0.15, 0.2) is 35.7 Å². The van der Waals surface area contributed by atoms with E-state index in [1.165, 1.54) is 16.2 Å². The van der Waals surface area contributed by atoms with Crippen LogP contribution < -0.4 is 5.32 Å². The molecule has 6 nitrogen and oxygen atoms in total. The molecule has 1 aliphatic heterocycles. The van der Waals surface area contributed by atoms with Crippen molar-refractivity contribution < 1.29 is 19.1 Å². The molecule has 1 unspecified atom stereocenters. The van der Waals surface area contributed by atoms with Gasteiger partial charge in [0.1, 0.15) is 6.04 Å². The van der Waals surface area contributed by atoms with Gasteiger partial charge in [-0.2, -0.15) is 0 Å². The molecule has 7 heteroatoms. The summed E-state index contributed by atoms with van der Waals surface area (Å²) in [7, 11) is 0. The van der Waals surface area contributed by atoms with Crippen molar-refractivity contribution in [1.82, 2.24) is 4.90 Å². The molecule has 0 radical (unpaired) electrons. The number of hydrogen-bond acceptors (Lipinski definition) is 5. The molecule has 1 N–H and O–H groups in total. The van der Waals surface area contributed by atoms with E-state index in [0.717, 1.165) is 17.5 Å². The molecule has 2 heterocycles. The van der Waals surface area contributed by atoms with Crippen LogP contribution in [-0.4, -0.2) is 41.9 Å². The first kappa shape index (κ1) is 19.1. The first-order valence-electron chi connectivity index (χ1n) is 8.84. The lowest BCUT2D eigenvalue weighted by Crippen LogP contribution is -2.41. The lowest BCUT2D eigenvalue weighted by molar-refractivity contribution is -0.151. The minimum atomic E-state index is -0.631. The summed E-state index contributed by atoms with van der Waals surface area (Å²) in [6, 6.07) is 8.67. The fourth-order valence-electron chi connectivity index (χ4n) is 3.09. The molecular formula is C20H22N2O4S. The van der Waals surface area contributed by atoms with E-state index in [0.29, 0.717) is 23.5 Å². The number of nitrogens with zero attached hydrogens (tertiary/aromatic N) is 1. The fourth-order valence-corrected chi connectivity index (χ4v) is 3.77. The van der Waals surface area contributed by atoms with Gasteiger partial charge in [-0.3, -0.25) is 9.59 Å². The van der Waals surface area contributed by atoms with E-state index in [2.05, 4.69) is 5.32 Å². The van der Waals surface area contributed by atoms with Gasteiger partial charge in [0.05, 0.1) is 4.88 Å². The third kappa shape index (κ3) is 4.54. The first-order valence-corrected chi connectivity index (χ1v) is 9.72. The summed E-state index contributed by atoms with van der Waals surface area (Å²) in [5.41, 5.74) is 2.66. The van der Waals surface area contributed by atoms with Gasteiger partial charge in [-0.25, -0.2) is 4.79 Å². The summed E-state index contributed by atoms with van der Waals surface area (Å²) < 4.78 is 5.19. The Balaban J connectivity index is 1.56. The van der Waals surface area contributed by atoms with E-state index < -0.39 is 17.9 Å². The van der Waals surface area contributed by atoms with Crippen molar-refractivity contribution in [3.8, 4) is 0 Å². The summed E-state index contributed by atoms with van der Waals surface area (Å²) in [5.74, 6) is -1.09. The van der Waals surface area contributed by atoms with Crippen LogP contribution in [-0.2, 0) is 14.3 Å². The maximum Gasteiger partial charge on any atom is 0.329 e. The highest BCUT2D eigenvalue weighted by atomic mass is 32.1. The van der Waals surface area contributed by atoms with Gasteiger partial charge in [-0.15, -0.1) is 11.3 Å².